The third kappa shape index (κ3) is 7.06. The van der Waals surface area contributed by atoms with Gasteiger partial charge in [0.2, 0.25) is 10.0 Å². The molecule has 0 saturated carbocycles. The molecule has 1 aromatic carbocycles. The Balaban J connectivity index is 1.46. The summed E-state index contributed by atoms with van der Waals surface area (Å²) < 4.78 is 67.1. The number of aromatic nitrogens is 3. The highest BCUT2D eigenvalue weighted by molar-refractivity contribution is 7.89. The number of aryl methyl sites for hydroxylation is 1. The van der Waals surface area contributed by atoms with Gasteiger partial charge in [-0.1, -0.05) is 6.07 Å². The molecule has 32 heavy (non-hydrogen) atoms. The van der Waals surface area contributed by atoms with E-state index in [0.29, 0.717) is 17.5 Å². The minimum absolute atomic E-state index is 0.0120. The van der Waals surface area contributed by atoms with Gasteiger partial charge in [-0.2, -0.15) is 0 Å². The molecule has 3 rings (SSSR count). The van der Waals surface area contributed by atoms with E-state index in [0.717, 1.165) is 29.8 Å². The molecular weight excluding hydrogens is 449 g/mol. The van der Waals surface area contributed by atoms with Crippen molar-refractivity contribution in [3.05, 3.63) is 60.3 Å². The normalized spacial score (nSPS) is 11.8. The standard InChI is InChI=1S/C19H19F3N6O3S/c1-13-2-7-16(24-12-13)26-18-9-8-17(27-28-18)23-10-11-25-32(29,30)15-5-3-14(4-6-15)31-19(20,21)22/h2-9,12,25H,10-11H2,1H3,(H,23,27)(H,24,26,28). The molecule has 0 radical (unpaired) electrons. The molecule has 3 N–H and O–H groups in total. The number of benzene rings is 1. The zero-order valence-electron chi connectivity index (χ0n) is 16.7. The highest BCUT2D eigenvalue weighted by atomic mass is 32.2. The van der Waals surface area contributed by atoms with Crippen LogP contribution in [0, 0.1) is 6.92 Å². The predicted molar refractivity (Wildman–Crippen MR) is 111 cm³/mol. The van der Waals surface area contributed by atoms with Gasteiger partial charge in [-0.05, 0) is 55.0 Å². The molecule has 0 aliphatic rings. The Bertz CT molecular complexity index is 1120. The summed E-state index contributed by atoms with van der Waals surface area (Å²) in [6.07, 6.45) is -3.13. The van der Waals surface area contributed by atoms with Gasteiger partial charge < -0.3 is 15.4 Å². The molecule has 0 aliphatic carbocycles. The topological polar surface area (TPSA) is 118 Å². The zero-order chi connectivity index (χ0) is 23.2. The van der Waals surface area contributed by atoms with Crippen LogP contribution in [-0.2, 0) is 10.0 Å². The van der Waals surface area contributed by atoms with Crippen LogP contribution in [0.2, 0.25) is 0 Å². The van der Waals surface area contributed by atoms with Gasteiger partial charge in [0.25, 0.3) is 0 Å². The van der Waals surface area contributed by atoms with Crippen molar-refractivity contribution in [2.75, 3.05) is 23.7 Å². The molecule has 3 aromatic rings. The molecule has 2 heterocycles. The number of hydrogen-bond donors (Lipinski definition) is 3. The second kappa shape index (κ2) is 9.78. The van der Waals surface area contributed by atoms with Crippen molar-refractivity contribution in [2.45, 2.75) is 18.2 Å². The summed E-state index contributed by atoms with van der Waals surface area (Å²) in [6, 6.07) is 11.0. The highest BCUT2D eigenvalue weighted by Gasteiger charge is 2.31. The molecule has 170 valence electrons. The summed E-state index contributed by atoms with van der Waals surface area (Å²) in [7, 11) is -3.90. The predicted octanol–water partition coefficient (Wildman–Crippen LogP) is 3.21. The van der Waals surface area contributed by atoms with E-state index in [9.17, 15) is 21.6 Å². The van der Waals surface area contributed by atoms with Crippen LogP contribution >= 0.6 is 0 Å². The smallest absolute Gasteiger partial charge is 0.406 e. The van der Waals surface area contributed by atoms with E-state index in [4.69, 9.17) is 0 Å². The third-order valence-corrected chi connectivity index (χ3v) is 5.40. The average Bonchev–Trinajstić information content (AvgIpc) is 2.73. The zero-order valence-corrected chi connectivity index (χ0v) is 17.5. The van der Waals surface area contributed by atoms with E-state index in [2.05, 4.69) is 35.3 Å². The molecule has 0 aliphatic heterocycles. The molecule has 9 nitrogen and oxygen atoms in total. The molecule has 0 saturated heterocycles. The van der Waals surface area contributed by atoms with Crippen LogP contribution in [-0.4, -0.2) is 43.1 Å². The number of ether oxygens (including phenoxy) is 1. The monoisotopic (exact) mass is 468 g/mol. The fraction of sp³-hybridized carbons (Fsp3) is 0.211. The lowest BCUT2D eigenvalue weighted by Gasteiger charge is -2.11. The van der Waals surface area contributed by atoms with Crippen molar-refractivity contribution in [3.8, 4) is 5.75 Å². The lowest BCUT2D eigenvalue weighted by molar-refractivity contribution is -0.274. The van der Waals surface area contributed by atoms with E-state index in [1.54, 1.807) is 18.3 Å². The number of hydrogen-bond acceptors (Lipinski definition) is 8. The summed E-state index contributed by atoms with van der Waals surface area (Å²) in [5, 5.41) is 13.9. The van der Waals surface area contributed by atoms with Crippen molar-refractivity contribution in [3.63, 3.8) is 0 Å². The van der Waals surface area contributed by atoms with E-state index < -0.39 is 22.1 Å². The van der Waals surface area contributed by atoms with Crippen molar-refractivity contribution >= 4 is 27.5 Å². The summed E-state index contributed by atoms with van der Waals surface area (Å²) in [4.78, 5) is 4.02. The lowest BCUT2D eigenvalue weighted by atomic mass is 10.3. The molecular formula is C19H19F3N6O3S. The van der Waals surface area contributed by atoms with Crippen molar-refractivity contribution in [1.82, 2.24) is 19.9 Å². The maximum absolute atomic E-state index is 12.2. The van der Waals surface area contributed by atoms with E-state index >= 15 is 0 Å². The molecule has 0 spiro atoms. The van der Waals surface area contributed by atoms with Crippen LogP contribution in [0.1, 0.15) is 5.56 Å². The lowest BCUT2D eigenvalue weighted by Crippen LogP contribution is -2.29. The number of halogens is 3. The number of nitrogens with zero attached hydrogens (tertiary/aromatic N) is 3. The van der Waals surface area contributed by atoms with Crippen LogP contribution in [0.5, 0.6) is 5.75 Å². The van der Waals surface area contributed by atoms with Gasteiger partial charge in [-0.15, -0.1) is 23.4 Å². The van der Waals surface area contributed by atoms with Gasteiger partial charge in [0.05, 0.1) is 4.90 Å². The van der Waals surface area contributed by atoms with Crippen LogP contribution in [0.3, 0.4) is 0 Å². The molecule has 0 fully saturated rings. The van der Waals surface area contributed by atoms with Gasteiger partial charge in [0, 0.05) is 19.3 Å². The second-order valence-electron chi connectivity index (χ2n) is 6.49. The maximum Gasteiger partial charge on any atom is 0.573 e. The average molecular weight is 468 g/mol. The van der Waals surface area contributed by atoms with Crippen molar-refractivity contribution in [1.29, 1.82) is 0 Å². The Morgan fingerprint density at radius 2 is 1.56 bits per heavy atom. The highest BCUT2D eigenvalue weighted by Crippen LogP contribution is 2.23. The molecule has 0 amide bonds. The SMILES string of the molecule is Cc1ccc(Nc2ccc(NCCNS(=O)(=O)c3ccc(OC(F)(F)F)cc3)nn2)nc1. The minimum Gasteiger partial charge on any atom is -0.406 e. The first kappa shape index (κ1) is 23.2. The van der Waals surface area contributed by atoms with Crippen LogP contribution in [0.15, 0.2) is 59.6 Å². The number of alkyl halides is 3. The maximum atomic E-state index is 12.2. The number of sulfonamides is 1. The molecule has 0 unspecified atom stereocenters. The Labute approximate surface area is 182 Å². The van der Waals surface area contributed by atoms with E-state index in [1.165, 1.54) is 0 Å². The summed E-state index contributed by atoms with van der Waals surface area (Å²) in [5.74, 6) is 1.04. The van der Waals surface area contributed by atoms with E-state index in [1.807, 2.05) is 19.1 Å². The van der Waals surface area contributed by atoms with Gasteiger partial charge >= 0.3 is 6.36 Å². The van der Waals surface area contributed by atoms with E-state index in [-0.39, 0.29) is 18.0 Å². The summed E-state index contributed by atoms with van der Waals surface area (Å²) in [6.45, 7) is 2.15. The summed E-state index contributed by atoms with van der Waals surface area (Å²) in [5.41, 5.74) is 1.03. The van der Waals surface area contributed by atoms with Gasteiger partial charge in [0.1, 0.15) is 17.4 Å². The number of nitrogens with one attached hydrogen (secondary N) is 3. The fourth-order valence-electron chi connectivity index (χ4n) is 2.45. The van der Waals surface area contributed by atoms with Crippen molar-refractivity contribution in [2.24, 2.45) is 0 Å². The molecule has 0 atom stereocenters. The number of rotatable bonds is 9. The Kier molecular flexibility index (Phi) is 7.10. The summed E-state index contributed by atoms with van der Waals surface area (Å²) >= 11 is 0. The first-order valence-corrected chi connectivity index (χ1v) is 10.7. The van der Waals surface area contributed by atoms with Crippen LogP contribution < -0.4 is 20.1 Å². The Morgan fingerprint density at radius 3 is 2.16 bits per heavy atom. The Hall–Kier alpha value is -3.45. The number of anilines is 3. The fourth-order valence-corrected chi connectivity index (χ4v) is 3.48. The number of pyridine rings is 1. The molecule has 0 bridgehead atoms. The van der Waals surface area contributed by atoms with Gasteiger partial charge in [-0.3, -0.25) is 0 Å². The van der Waals surface area contributed by atoms with Gasteiger partial charge in [0.15, 0.2) is 5.82 Å². The molecule has 2 aromatic heterocycles. The Morgan fingerprint density at radius 1 is 0.906 bits per heavy atom. The quantitative estimate of drug-likeness (QED) is 0.410. The van der Waals surface area contributed by atoms with Crippen LogP contribution in [0.25, 0.3) is 0 Å². The first-order chi connectivity index (χ1) is 15.1. The van der Waals surface area contributed by atoms with Crippen molar-refractivity contribution < 1.29 is 26.3 Å². The minimum atomic E-state index is -4.85. The first-order valence-electron chi connectivity index (χ1n) is 9.23. The second-order valence-corrected chi connectivity index (χ2v) is 8.26. The van der Waals surface area contributed by atoms with Crippen LogP contribution in [0.4, 0.5) is 30.6 Å². The van der Waals surface area contributed by atoms with Gasteiger partial charge in [-0.25, -0.2) is 18.1 Å². The third-order valence-electron chi connectivity index (χ3n) is 3.92. The largest absolute Gasteiger partial charge is 0.573 e. The molecule has 13 heteroatoms.